The lowest BCUT2D eigenvalue weighted by Crippen LogP contribution is -2.28. The summed E-state index contributed by atoms with van der Waals surface area (Å²) in [5.41, 5.74) is 2.19. The maximum atomic E-state index is 11.6. The van der Waals surface area contributed by atoms with Crippen molar-refractivity contribution in [2.45, 2.75) is 13.3 Å². The van der Waals surface area contributed by atoms with E-state index in [-0.39, 0.29) is 24.8 Å². The predicted molar refractivity (Wildman–Crippen MR) is 109 cm³/mol. The van der Waals surface area contributed by atoms with Crippen molar-refractivity contribution in [2.75, 3.05) is 20.3 Å². The average molecular weight is 409 g/mol. The molecule has 1 N–H and O–H groups in total. The van der Waals surface area contributed by atoms with Crippen LogP contribution in [0.15, 0.2) is 46.9 Å². The summed E-state index contributed by atoms with van der Waals surface area (Å²) in [6.45, 7) is 2.19. The molecule has 1 amide bonds. The van der Waals surface area contributed by atoms with Crippen LogP contribution in [0, 0.1) is 0 Å². The molecule has 0 atom stereocenters. The molecule has 0 radical (unpaired) electrons. The van der Waals surface area contributed by atoms with Gasteiger partial charge in [0, 0.05) is 24.5 Å². The molecule has 0 fully saturated rings. The number of para-hydroxylation sites is 2. The van der Waals surface area contributed by atoms with Crippen LogP contribution in [0.2, 0.25) is 0 Å². The first kappa shape index (κ1) is 20.9. The summed E-state index contributed by atoms with van der Waals surface area (Å²) in [5, 5.41) is 13.9. The smallest absolute Gasteiger partial charge is 0.257 e. The first-order valence-electron chi connectivity index (χ1n) is 9.34. The van der Waals surface area contributed by atoms with E-state index in [1.165, 1.54) is 7.11 Å². The Morgan fingerprint density at radius 1 is 1.20 bits per heavy atom. The van der Waals surface area contributed by atoms with Crippen LogP contribution in [-0.2, 0) is 9.59 Å². The van der Waals surface area contributed by atoms with Gasteiger partial charge in [-0.05, 0) is 42.8 Å². The van der Waals surface area contributed by atoms with Gasteiger partial charge in [0.05, 0.1) is 7.11 Å². The Kier molecular flexibility index (Phi) is 6.69. The number of carbonyl (C=O) groups excluding carboxylic acids is 2. The van der Waals surface area contributed by atoms with Crippen LogP contribution in [0.3, 0.4) is 0 Å². The summed E-state index contributed by atoms with van der Waals surface area (Å²) >= 11 is 0. The Hall–Kier alpha value is -3.81. The second-order valence-corrected chi connectivity index (χ2v) is 6.36. The van der Waals surface area contributed by atoms with Crippen molar-refractivity contribution in [3.8, 4) is 11.5 Å². The fourth-order valence-electron chi connectivity index (χ4n) is 2.84. The number of rotatable bonds is 9. The summed E-state index contributed by atoms with van der Waals surface area (Å²) in [7, 11) is 1.48. The average Bonchev–Trinajstić information content (AvgIpc) is 3.16. The number of amides is 1. The van der Waals surface area contributed by atoms with E-state index < -0.39 is 5.97 Å². The quantitative estimate of drug-likeness (QED) is 0.575. The SMILES string of the molecule is CCNC(=O)COc1ccc(/C=C(\CC(=O)[O-])c2nc3ccccc3o2)cc1OC. The highest BCUT2D eigenvalue weighted by molar-refractivity contribution is 5.90. The number of ether oxygens (including phenoxy) is 2. The van der Waals surface area contributed by atoms with E-state index in [4.69, 9.17) is 13.9 Å². The van der Waals surface area contributed by atoms with Crippen molar-refractivity contribution in [3.05, 3.63) is 53.9 Å². The van der Waals surface area contributed by atoms with E-state index in [1.807, 2.05) is 19.1 Å². The van der Waals surface area contributed by atoms with Gasteiger partial charge in [0.1, 0.15) is 5.52 Å². The lowest BCUT2D eigenvalue weighted by molar-refractivity contribution is -0.304. The highest BCUT2D eigenvalue weighted by atomic mass is 16.5. The van der Waals surface area contributed by atoms with E-state index >= 15 is 0 Å². The number of methoxy groups -OCH3 is 1. The Morgan fingerprint density at radius 3 is 2.70 bits per heavy atom. The number of aromatic nitrogens is 1. The zero-order valence-electron chi connectivity index (χ0n) is 16.6. The molecule has 8 heteroatoms. The number of nitrogens with one attached hydrogen (secondary N) is 1. The van der Waals surface area contributed by atoms with Gasteiger partial charge >= 0.3 is 0 Å². The van der Waals surface area contributed by atoms with Gasteiger partial charge in [0.15, 0.2) is 23.7 Å². The highest BCUT2D eigenvalue weighted by Gasteiger charge is 2.13. The summed E-state index contributed by atoms with van der Waals surface area (Å²) in [6, 6.07) is 12.2. The molecule has 0 saturated carbocycles. The minimum atomic E-state index is -1.25. The molecule has 0 bridgehead atoms. The predicted octanol–water partition coefficient (Wildman–Crippen LogP) is 2.03. The minimum absolute atomic E-state index is 0.141. The van der Waals surface area contributed by atoms with E-state index in [2.05, 4.69) is 10.3 Å². The molecule has 0 aliphatic heterocycles. The first-order valence-corrected chi connectivity index (χ1v) is 9.34. The number of hydrogen-bond donors (Lipinski definition) is 1. The summed E-state index contributed by atoms with van der Waals surface area (Å²) in [6.07, 6.45) is 1.27. The number of benzene rings is 2. The van der Waals surface area contributed by atoms with Gasteiger partial charge in [-0.1, -0.05) is 18.2 Å². The van der Waals surface area contributed by atoms with E-state index in [0.29, 0.717) is 40.3 Å². The van der Waals surface area contributed by atoms with Gasteiger partial charge in [0.2, 0.25) is 5.89 Å². The number of hydrogen-bond acceptors (Lipinski definition) is 7. The summed E-state index contributed by atoms with van der Waals surface area (Å²) < 4.78 is 16.5. The monoisotopic (exact) mass is 409 g/mol. The number of carboxylic acids is 1. The van der Waals surface area contributed by atoms with Crippen LogP contribution in [0.5, 0.6) is 11.5 Å². The van der Waals surface area contributed by atoms with Crippen LogP contribution in [0.4, 0.5) is 0 Å². The maximum absolute atomic E-state index is 11.6. The first-order chi connectivity index (χ1) is 14.5. The van der Waals surface area contributed by atoms with Crippen molar-refractivity contribution < 1.29 is 28.6 Å². The zero-order chi connectivity index (χ0) is 21.5. The van der Waals surface area contributed by atoms with E-state index in [9.17, 15) is 14.7 Å². The van der Waals surface area contributed by atoms with Crippen molar-refractivity contribution in [1.82, 2.24) is 10.3 Å². The van der Waals surface area contributed by atoms with Crippen LogP contribution in [0.25, 0.3) is 22.7 Å². The standard InChI is InChI=1S/C22H22N2O6/c1-3-23-20(25)13-29-18-9-8-14(11-19(18)28-2)10-15(12-21(26)27)22-24-16-6-4-5-7-17(16)30-22/h4-11H,3,12-13H2,1-2H3,(H,23,25)(H,26,27)/p-1/b15-10+. The fourth-order valence-corrected chi connectivity index (χ4v) is 2.84. The maximum Gasteiger partial charge on any atom is 0.257 e. The molecule has 156 valence electrons. The van der Waals surface area contributed by atoms with Crippen LogP contribution in [-0.4, -0.2) is 37.1 Å². The number of likely N-dealkylation sites (N-methyl/N-ethyl adjacent to an activating group) is 1. The number of carbonyl (C=O) groups is 2. The van der Waals surface area contributed by atoms with Gasteiger partial charge in [-0.3, -0.25) is 4.79 Å². The van der Waals surface area contributed by atoms with Gasteiger partial charge in [0.25, 0.3) is 5.91 Å². The second-order valence-electron chi connectivity index (χ2n) is 6.36. The third-order valence-corrected chi connectivity index (χ3v) is 4.16. The van der Waals surface area contributed by atoms with E-state index in [0.717, 1.165) is 0 Å². The molecular formula is C22H21N2O6-. The Labute approximate surface area is 173 Å². The lowest BCUT2D eigenvalue weighted by Gasteiger charge is -2.12. The third kappa shape index (κ3) is 5.16. The van der Waals surface area contributed by atoms with Gasteiger partial charge in [-0.25, -0.2) is 4.98 Å². The molecule has 0 spiro atoms. The summed E-state index contributed by atoms with van der Waals surface area (Å²) in [4.78, 5) is 27.2. The Morgan fingerprint density at radius 2 is 2.00 bits per heavy atom. The molecule has 3 aromatic rings. The fraction of sp³-hybridized carbons (Fsp3) is 0.227. The normalized spacial score (nSPS) is 11.3. The second kappa shape index (κ2) is 9.60. The zero-order valence-corrected chi connectivity index (χ0v) is 16.6. The highest BCUT2D eigenvalue weighted by Crippen LogP contribution is 2.31. The van der Waals surface area contributed by atoms with E-state index in [1.54, 1.807) is 36.4 Å². The van der Waals surface area contributed by atoms with Crippen molar-refractivity contribution in [2.24, 2.45) is 0 Å². The summed E-state index contributed by atoms with van der Waals surface area (Å²) in [5.74, 6) is -0.494. The number of carboxylic acid groups (broad SMARTS) is 1. The largest absolute Gasteiger partial charge is 0.550 e. The Balaban J connectivity index is 1.90. The molecule has 3 rings (SSSR count). The topological polar surface area (TPSA) is 114 Å². The number of aliphatic carboxylic acids is 1. The van der Waals surface area contributed by atoms with Gasteiger partial charge in [-0.2, -0.15) is 0 Å². The van der Waals surface area contributed by atoms with Crippen LogP contribution < -0.4 is 19.9 Å². The number of fused-ring (bicyclic) bond motifs is 1. The van der Waals surface area contributed by atoms with Crippen molar-refractivity contribution >= 4 is 34.6 Å². The molecule has 0 aliphatic rings. The van der Waals surface area contributed by atoms with Crippen molar-refractivity contribution in [3.63, 3.8) is 0 Å². The minimum Gasteiger partial charge on any atom is -0.550 e. The lowest BCUT2D eigenvalue weighted by atomic mass is 10.1. The molecule has 0 aliphatic carbocycles. The molecule has 2 aromatic carbocycles. The van der Waals surface area contributed by atoms with Crippen LogP contribution in [0.1, 0.15) is 24.8 Å². The number of oxazole rings is 1. The number of nitrogens with zero attached hydrogens (tertiary/aromatic N) is 1. The van der Waals surface area contributed by atoms with Gasteiger partial charge < -0.3 is 29.1 Å². The van der Waals surface area contributed by atoms with Gasteiger partial charge in [-0.15, -0.1) is 0 Å². The molecule has 1 aromatic heterocycles. The van der Waals surface area contributed by atoms with Crippen molar-refractivity contribution in [1.29, 1.82) is 0 Å². The Bertz CT molecular complexity index is 1050. The molecule has 8 nitrogen and oxygen atoms in total. The third-order valence-electron chi connectivity index (χ3n) is 4.16. The molecule has 30 heavy (non-hydrogen) atoms. The molecular weight excluding hydrogens is 388 g/mol. The molecule has 0 saturated heterocycles. The molecule has 1 heterocycles. The van der Waals surface area contributed by atoms with Crippen LogP contribution >= 0.6 is 0 Å². The molecule has 0 unspecified atom stereocenters.